The number of rotatable bonds is 4. The van der Waals surface area contributed by atoms with Crippen LogP contribution in [0.4, 0.5) is 17.1 Å². The Kier molecular flexibility index (Phi) is 12.1. The van der Waals surface area contributed by atoms with Crippen molar-refractivity contribution >= 4 is 38.0 Å². The maximum Gasteiger partial charge on any atom is 0.261 e. The van der Waals surface area contributed by atoms with Crippen LogP contribution in [0.25, 0.3) is 0 Å². The molecule has 1 aliphatic carbocycles. The summed E-state index contributed by atoms with van der Waals surface area (Å²) in [4.78, 5) is 31.5. The van der Waals surface area contributed by atoms with Crippen LogP contribution in [0.3, 0.4) is 0 Å². The number of carbonyl (C=O) groups excluding carboxylic acids is 1. The zero-order valence-electron chi connectivity index (χ0n) is 19.7. The van der Waals surface area contributed by atoms with Crippen molar-refractivity contribution in [1.29, 1.82) is 5.26 Å². The van der Waals surface area contributed by atoms with E-state index in [1.54, 1.807) is 12.3 Å². The zero-order chi connectivity index (χ0) is 25.7. The van der Waals surface area contributed by atoms with Crippen molar-refractivity contribution in [3.8, 4) is 19.4 Å². The standard InChI is InChI=1S/C21H25N5O2.C2H2.CHN.CH5P/c1-12-15-8-7-14(11-17(15)26-20(12)27)25-19(22)18-16(9-10-23-21(18)28)24-13-5-3-2-4-6-13;3*1-2/h7-13H,2-6H2,1H3,(H2,22,25)(H,26,27)(H2,23,24,28);1-2H;1H;2H2,1H3. The van der Waals surface area contributed by atoms with Crippen molar-refractivity contribution in [3.05, 3.63) is 51.9 Å². The molecule has 1 aromatic carbocycles. The second kappa shape index (κ2) is 14.5. The van der Waals surface area contributed by atoms with Crippen molar-refractivity contribution in [2.24, 2.45) is 10.7 Å². The number of hydrogen-bond acceptors (Lipinski definition) is 5. The van der Waals surface area contributed by atoms with Gasteiger partial charge in [0.2, 0.25) is 5.91 Å². The van der Waals surface area contributed by atoms with Gasteiger partial charge in [-0.15, -0.1) is 22.1 Å². The lowest BCUT2D eigenvalue weighted by atomic mass is 9.95. The number of carbonyl (C=O) groups is 1. The van der Waals surface area contributed by atoms with E-state index in [0.717, 1.165) is 24.1 Å². The molecule has 34 heavy (non-hydrogen) atoms. The maximum atomic E-state index is 12.5. The summed E-state index contributed by atoms with van der Waals surface area (Å²) in [6, 6.07) is 7.65. The first-order valence-corrected chi connectivity index (χ1v) is 12.1. The third-order valence-electron chi connectivity index (χ3n) is 5.59. The molecule has 1 amide bonds. The van der Waals surface area contributed by atoms with Gasteiger partial charge in [-0.05, 0) is 43.5 Å². The summed E-state index contributed by atoms with van der Waals surface area (Å²) < 4.78 is 0. The van der Waals surface area contributed by atoms with Crippen molar-refractivity contribution in [1.82, 2.24) is 4.98 Å². The molecule has 1 saturated carbocycles. The number of nitrogens with two attached hydrogens (primary N) is 1. The normalized spacial score (nSPS) is 16.7. The Balaban J connectivity index is 0.000000894. The summed E-state index contributed by atoms with van der Waals surface area (Å²) >= 11 is 0. The average Bonchev–Trinajstić information content (AvgIpc) is 3.16. The fraction of sp³-hybridized carbons (Fsp3) is 0.360. The number of benzene rings is 1. The van der Waals surface area contributed by atoms with E-state index in [1.807, 2.05) is 31.8 Å². The molecule has 0 saturated heterocycles. The molecule has 0 spiro atoms. The third kappa shape index (κ3) is 6.94. The minimum absolute atomic E-state index is 0.0254. The van der Waals surface area contributed by atoms with Gasteiger partial charge in [-0.3, -0.25) is 9.59 Å². The van der Waals surface area contributed by atoms with Crippen LogP contribution in [0.2, 0.25) is 0 Å². The predicted octanol–water partition coefficient (Wildman–Crippen LogP) is 4.09. The molecule has 8 nitrogen and oxygen atoms in total. The van der Waals surface area contributed by atoms with Gasteiger partial charge in [0.25, 0.3) is 5.56 Å². The van der Waals surface area contributed by atoms with E-state index in [0.29, 0.717) is 23.0 Å². The number of aromatic amines is 1. The molecule has 2 aliphatic rings. The molecule has 180 valence electrons. The minimum Gasteiger partial charge on any atom is -0.383 e. The van der Waals surface area contributed by atoms with Gasteiger partial charge in [-0.2, -0.15) is 0 Å². The maximum absolute atomic E-state index is 12.5. The number of fused-ring (bicyclic) bond motifs is 1. The lowest BCUT2D eigenvalue weighted by molar-refractivity contribution is -0.116. The Bertz CT molecular complexity index is 1080. The van der Waals surface area contributed by atoms with Gasteiger partial charge < -0.3 is 21.4 Å². The van der Waals surface area contributed by atoms with Crippen LogP contribution in [0.1, 0.15) is 56.1 Å². The molecule has 5 N–H and O–H groups in total. The molecule has 0 radical (unpaired) electrons. The first-order valence-electron chi connectivity index (χ1n) is 11.0. The highest BCUT2D eigenvalue weighted by Crippen LogP contribution is 2.35. The number of aromatic nitrogens is 1. The summed E-state index contributed by atoms with van der Waals surface area (Å²) in [5.41, 5.74) is 9.31. The van der Waals surface area contributed by atoms with Gasteiger partial charge in [0.15, 0.2) is 0 Å². The zero-order valence-corrected chi connectivity index (χ0v) is 20.8. The Morgan fingerprint density at radius 3 is 2.44 bits per heavy atom. The van der Waals surface area contributed by atoms with Gasteiger partial charge in [0.1, 0.15) is 11.4 Å². The number of amidine groups is 1. The first-order chi connectivity index (χ1) is 16.5. The van der Waals surface area contributed by atoms with E-state index < -0.39 is 0 Å². The predicted molar refractivity (Wildman–Crippen MR) is 144 cm³/mol. The summed E-state index contributed by atoms with van der Waals surface area (Å²) in [6.45, 7) is 7.28. The van der Waals surface area contributed by atoms with Crippen LogP contribution >= 0.6 is 9.24 Å². The monoisotopic (exact) mass is 480 g/mol. The first kappa shape index (κ1) is 28.4. The Morgan fingerprint density at radius 1 is 1.15 bits per heavy atom. The number of nitrogens with one attached hydrogen (secondary N) is 3. The van der Waals surface area contributed by atoms with Crippen molar-refractivity contribution in [3.63, 3.8) is 0 Å². The van der Waals surface area contributed by atoms with E-state index in [1.165, 1.54) is 19.3 Å². The summed E-state index contributed by atoms with van der Waals surface area (Å²) in [7, 11) is 2.42. The lowest BCUT2D eigenvalue weighted by Gasteiger charge is -2.24. The van der Waals surface area contributed by atoms with Gasteiger partial charge in [-0.25, -0.2) is 10.3 Å². The van der Waals surface area contributed by atoms with Gasteiger partial charge in [0.05, 0.1) is 17.3 Å². The third-order valence-corrected chi connectivity index (χ3v) is 5.59. The molecule has 1 aliphatic heterocycles. The second-order valence-electron chi connectivity index (χ2n) is 7.55. The van der Waals surface area contributed by atoms with Crippen LogP contribution in [0.15, 0.2) is 40.2 Å². The van der Waals surface area contributed by atoms with Gasteiger partial charge in [-0.1, -0.05) is 32.0 Å². The summed E-state index contributed by atoms with van der Waals surface area (Å²) in [6.07, 6.45) is 15.4. The molecule has 2 heterocycles. The largest absolute Gasteiger partial charge is 0.383 e. The Labute approximate surface area is 203 Å². The molecule has 4 rings (SSSR count). The van der Waals surface area contributed by atoms with Crippen LogP contribution in [-0.4, -0.2) is 29.4 Å². The van der Waals surface area contributed by atoms with Crippen molar-refractivity contribution in [2.45, 2.75) is 51.0 Å². The number of nitrogens with zero attached hydrogens (tertiary/aromatic N) is 2. The molecule has 9 heteroatoms. The molecule has 2 atom stereocenters. The quantitative estimate of drug-likeness (QED) is 0.226. The molecule has 1 fully saturated rings. The number of H-pyrrole nitrogens is 1. The average molecular weight is 481 g/mol. The fourth-order valence-corrected chi connectivity index (χ4v) is 4.00. The molecular weight excluding hydrogens is 447 g/mol. The number of terminal acetylenes is 1. The number of hydrogen-bond donors (Lipinski definition) is 4. The van der Waals surface area contributed by atoms with E-state index in [4.69, 9.17) is 11.0 Å². The van der Waals surface area contributed by atoms with E-state index >= 15 is 0 Å². The number of anilines is 2. The molecule has 2 unspecified atom stereocenters. The molecule has 1 aromatic heterocycles. The molecule has 2 aromatic rings. The number of pyridine rings is 1. The summed E-state index contributed by atoms with van der Waals surface area (Å²) in [5.74, 6) is -0.0475. The Morgan fingerprint density at radius 2 is 1.79 bits per heavy atom. The second-order valence-corrected chi connectivity index (χ2v) is 7.55. The number of amides is 1. The van der Waals surface area contributed by atoms with Crippen LogP contribution in [-0.2, 0) is 4.79 Å². The van der Waals surface area contributed by atoms with Crippen LogP contribution < -0.4 is 21.9 Å². The topological polar surface area (TPSA) is 136 Å². The van der Waals surface area contributed by atoms with Crippen molar-refractivity contribution in [2.75, 3.05) is 17.3 Å². The van der Waals surface area contributed by atoms with E-state index in [9.17, 15) is 9.59 Å². The SMILES string of the molecule is C#C.C#N.CC1C(=O)Nc2cc(N=C(N)c3c(NC4CCCCC4)cc[nH]c3=O)ccc21.CP. The highest BCUT2D eigenvalue weighted by Gasteiger charge is 2.26. The van der Waals surface area contributed by atoms with Gasteiger partial charge in [0, 0.05) is 24.5 Å². The number of nitriles is 1. The highest BCUT2D eigenvalue weighted by atomic mass is 31.0. The molecular formula is C25H33N6O2P. The van der Waals surface area contributed by atoms with Gasteiger partial charge >= 0.3 is 0 Å². The Hall–Kier alpha value is -3.61. The number of aliphatic imine (C=N–C) groups is 1. The lowest BCUT2D eigenvalue weighted by Crippen LogP contribution is -2.29. The molecule has 0 bridgehead atoms. The smallest absolute Gasteiger partial charge is 0.261 e. The van der Waals surface area contributed by atoms with Crippen LogP contribution in [0.5, 0.6) is 0 Å². The highest BCUT2D eigenvalue weighted by molar-refractivity contribution is 7.15. The van der Waals surface area contributed by atoms with Crippen LogP contribution in [0, 0.1) is 24.7 Å². The summed E-state index contributed by atoms with van der Waals surface area (Å²) in [5, 5.41) is 12.8. The van der Waals surface area contributed by atoms with E-state index in [2.05, 4.69) is 49.3 Å². The fourth-order valence-electron chi connectivity index (χ4n) is 4.00. The van der Waals surface area contributed by atoms with Crippen molar-refractivity contribution < 1.29 is 4.79 Å². The van der Waals surface area contributed by atoms with E-state index in [-0.39, 0.29) is 23.2 Å². The minimum atomic E-state index is -0.273.